The number of thioether (sulfide) groups is 1. The van der Waals surface area contributed by atoms with E-state index in [0.717, 1.165) is 18.2 Å². The highest BCUT2D eigenvalue weighted by atomic mass is 32.2. The lowest BCUT2D eigenvalue weighted by molar-refractivity contribution is -0.119. The Morgan fingerprint density at radius 3 is 2.64 bits per heavy atom. The predicted octanol–water partition coefficient (Wildman–Crippen LogP) is 2.73. The number of alkyl carbamates (subject to hydrolysis) is 1. The fraction of sp³-hybridized carbons (Fsp3) is 0.412. The van der Waals surface area contributed by atoms with Crippen molar-refractivity contribution in [2.75, 3.05) is 7.11 Å². The van der Waals surface area contributed by atoms with E-state index in [4.69, 9.17) is 0 Å². The second-order valence-corrected chi connectivity index (χ2v) is 6.89. The van der Waals surface area contributed by atoms with E-state index in [-0.39, 0.29) is 11.6 Å². The van der Waals surface area contributed by atoms with Crippen molar-refractivity contribution in [2.45, 2.75) is 43.6 Å². The van der Waals surface area contributed by atoms with Crippen LogP contribution in [0.1, 0.15) is 33.2 Å². The first-order valence-electron chi connectivity index (χ1n) is 7.95. The van der Waals surface area contributed by atoms with Crippen molar-refractivity contribution >= 4 is 34.7 Å². The standard InChI is InChI=1S/C17H21N3O4S/c1-5-10(2)20-15(22)12-8-6-7-9-13(12)18-16(20)25-11(3)14(21)19-17(23)24-4/h6-11H,5H2,1-4H3,(H,19,21,23)/t10-,11+/m1/s1. The number of nitrogens with zero attached hydrogens (tertiary/aromatic N) is 2. The maximum atomic E-state index is 12.9. The van der Waals surface area contributed by atoms with Crippen molar-refractivity contribution in [3.8, 4) is 0 Å². The van der Waals surface area contributed by atoms with Crippen LogP contribution in [0.3, 0.4) is 0 Å². The molecule has 0 spiro atoms. The van der Waals surface area contributed by atoms with Crippen LogP contribution in [-0.2, 0) is 9.53 Å². The monoisotopic (exact) mass is 363 g/mol. The summed E-state index contributed by atoms with van der Waals surface area (Å²) in [6.45, 7) is 5.56. The van der Waals surface area contributed by atoms with Gasteiger partial charge in [-0.2, -0.15) is 0 Å². The number of hydrogen-bond acceptors (Lipinski definition) is 6. The summed E-state index contributed by atoms with van der Waals surface area (Å²) in [6, 6.07) is 7.05. The molecule has 0 bridgehead atoms. The molecule has 0 aliphatic carbocycles. The van der Waals surface area contributed by atoms with Crippen LogP contribution >= 0.6 is 11.8 Å². The number of hydrogen-bond donors (Lipinski definition) is 1. The molecular formula is C17H21N3O4S. The van der Waals surface area contributed by atoms with E-state index in [1.54, 1.807) is 29.7 Å². The Kier molecular flexibility index (Phi) is 6.19. The highest BCUT2D eigenvalue weighted by Gasteiger charge is 2.22. The number of imide groups is 1. The number of nitrogens with one attached hydrogen (secondary N) is 1. The summed E-state index contributed by atoms with van der Waals surface area (Å²) < 4.78 is 6.03. The largest absolute Gasteiger partial charge is 0.453 e. The van der Waals surface area contributed by atoms with Crippen LogP contribution in [0.2, 0.25) is 0 Å². The van der Waals surface area contributed by atoms with Crippen molar-refractivity contribution in [3.63, 3.8) is 0 Å². The van der Waals surface area contributed by atoms with Crippen LogP contribution in [-0.4, -0.2) is 33.9 Å². The highest BCUT2D eigenvalue weighted by molar-refractivity contribution is 8.00. The molecule has 0 fully saturated rings. The van der Waals surface area contributed by atoms with E-state index in [1.165, 1.54) is 7.11 Å². The zero-order valence-electron chi connectivity index (χ0n) is 14.6. The quantitative estimate of drug-likeness (QED) is 0.649. The van der Waals surface area contributed by atoms with Gasteiger partial charge < -0.3 is 4.74 Å². The summed E-state index contributed by atoms with van der Waals surface area (Å²) in [5.74, 6) is -0.505. The number of para-hydroxylation sites is 1. The van der Waals surface area contributed by atoms with Crippen molar-refractivity contribution in [3.05, 3.63) is 34.6 Å². The van der Waals surface area contributed by atoms with Gasteiger partial charge in [-0.1, -0.05) is 30.8 Å². The van der Waals surface area contributed by atoms with Crippen molar-refractivity contribution in [2.24, 2.45) is 0 Å². The predicted molar refractivity (Wildman–Crippen MR) is 96.9 cm³/mol. The van der Waals surface area contributed by atoms with E-state index in [0.29, 0.717) is 16.1 Å². The third-order valence-corrected chi connectivity index (χ3v) is 4.94. The van der Waals surface area contributed by atoms with Crippen LogP contribution in [0, 0.1) is 0 Å². The molecule has 0 saturated carbocycles. The van der Waals surface area contributed by atoms with Gasteiger partial charge in [0.25, 0.3) is 5.56 Å². The van der Waals surface area contributed by atoms with Crippen molar-refractivity contribution in [1.29, 1.82) is 0 Å². The molecule has 2 amide bonds. The van der Waals surface area contributed by atoms with Gasteiger partial charge in [0.1, 0.15) is 0 Å². The Hall–Kier alpha value is -2.35. The fourth-order valence-corrected chi connectivity index (χ4v) is 3.25. The van der Waals surface area contributed by atoms with Crippen molar-refractivity contribution in [1.82, 2.24) is 14.9 Å². The van der Waals surface area contributed by atoms with Crippen molar-refractivity contribution < 1.29 is 14.3 Å². The number of methoxy groups -OCH3 is 1. The second-order valence-electron chi connectivity index (χ2n) is 5.58. The maximum Gasteiger partial charge on any atom is 0.413 e. The third-order valence-electron chi connectivity index (χ3n) is 3.87. The molecule has 8 heteroatoms. The Morgan fingerprint density at radius 2 is 2.00 bits per heavy atom. The van der Waals surface area contributed by atoms with E-state index < -0.39 is 17.3 Å². The molecule has 2 atom stereocenters. The zero-order chi connectivity index (χ0) is 18.6. The maximum absolute atomic E-state index is 12.9. The minimum absolute atomic E-state index is 0.0667. The van der Waals surface area contributed by atoms with Crippen LogP contribution in [0.4, 0.5) is 4.79 Å². The molecule has 1 N–H and O–H groups in total. The minimum atomic E-state index is -0.816. The summed E-state index contributed by atoms with van der Waals surface area (Å²) in [6.07, 6.45) is -0.0702. The summed E-state index contributed by atoms with van der Waals surface area (Å²) >= 11 is 1.14. The topological polar surface area (TPSA) is 90.3 Å². The SMILES string of the molecule is CC[C@@H](C)n1c(S[C@@H](C)C(=O)NC(=O)OC)nc2ccccc2c1=O. The van der Waals surface area contributed by atoms with Crippen LogP contribution in [0.15, 0.2) is 34.2 Å². The summed E-state index contributed by atoms with van der Waals surface area (Å²) in [4.78, 5) is 40.7. The summed E-state index contributed by atoms with van der Waals surface area (Å²) in [5.41, 5.74) is 0.443. The lowest BCUT2D eigenvalue weighted by Gasteiger charge is -2.19. The van der Waals surface area contributed by atoms with Gasteiger partial charge in [-0.25, -0.2) is 9.78 Å². The first-order valence-corrected chi connectivity index (χ1v) is 8.83. The Balaban J connectivity index is 2.43. The number of aromatic nitrogens is 2. The Bertz CT molecular complexity index is 849. The molecule has 1 heterocycles. The normalized spacial score (nSPS) is 13.3. The second kappa shape index (κ2) is 8.15. The fourth-order valence-electron chi connectivity index (χ4n) is 2.24. The Morgan fingerprint density at radius 1 is 1.32 bits per heavy atom. The molecule has 2 rings (SSSR count). The van der Waals surface area contributed by atoms with Gasteiger partial charge >= 0.3 is 6.09 Å². The van der Waals surface area contributed by atoms with E-state index in [2.05, 4.69) is 15.0 Å². The molecule has 0 radical (unpaired) electrons. The number of carbonyl (C=O) groups is 2. The Labute approximate surface area is 149 Å². The van der Waals surface area contributed by atoms with Gasteiger partial charge in [-0.15, -0.1) is 0 Å². The molecule has 0 unspecified atom stereocenters. The smallest absolute Gasteiger partial charge is 0.413 e. The van der Waals surface area contributed by atoms with Gasteiger partial charge in [-0.05, 0) is 32.4 Å². The van der Waals surface area contributed by atoms with E-state index in [9.17, 15) is 14.4 Å². The first-order chi connectivity index (χ1) is 11.9. The molecule has 7 nitrogen and oxygen atoms in total. The number of rotatable bonds is 5. The molecule has 0 aliphatic heterocycles. The van der Waals surface area contributed by atoms with Gasteiger partial charge in [0.2, 0.25) is 5.91 Å². The van der Waals surface area contributed by atoms with Gasteiger partial charge in [0, 0.05) is 6.04 Å². The summed E-state index contributed by atoms with van der Waals surface area (Å²) in [5, 5.41) is 2.50. The van der Waals surface area contributed by atoms with Gasteiger partial charge in [0.15, 0.2) is 5.16 Å². The third kappa shape index (κ3) is 4.19. The average molecular weight is 363 g/mol. The first kappa shape index (κ1) is 19.0. The molecular weight excluding hydrogens is 342 g/mol. The number of carbonyl (C=O) groups excluding carboxylic acids is 2. The van der Waals surface area contributed by atoms with Crippen LogP contribution in [0.5, 0.6) is 0 Å². The number of amides is 2. The number of fused-ring (bicyclic) bond motifs is 1. The lowest BCUT2D eigenvalue weighted by Crippen LogP contribution is -2.36. The minimum Gasteiger partial charge on any atom is -0.453 e. The molecule has 1 aromatic heterocycles. The number of benzene rings is 1. The average Bonchev–Trinajstić information content (AvgIpc) is 2.61. The lowest BCUT2D eigenvalue weighted by atomic mass is 10.2. The molecule has 134 valence electrons. The number of ether oxygens (including phenoxy) is 1. The molecule has 0 saturated heterocycles. The van der Waals surface area contributed by atoms with E-state index in [1.807, 2.05) is 19.9 Å². The highest BCUT2D eigenvalue weighted by Crippen LogP contribution is 2.25. The molecule has 25 heavy (non-hydrogen) atoms. The summed E-state index contributed by atoms with van der Waals surface area (Å²) in [7, 11) is 1.19. The zero-order valence-corrected chi connectivity index (χ0v) is 15.4. The van der Waals surface area contributed by atoms with Gasteiger partial charge in [0.05, 0.1) is 23.3 Å². The molecule has 1 aromatic carbocycles. The molecule has 2 aromatic rings. The van der Waals surface area contributed by atoms with Gasteiger partial charge in [-0.3, -0.25) is 19.5 Å². The van der Waals surface area contributed by atoms with Crippen LogP contribution in [0.25, 0.3) is 10.9 Å². The molecule has 0 aliphatic rings. The van der Waals surface area contributed by atoms with Crippen LogP contribution < -0.4 is 10.9 Å². The van der Waals surface area contributed by atoms with E-state index >= 15 is 0 Å².